The topological polar surface area (TPSA) is 54.0 Å². The molecule has 5 heteroatoms. The van der Waals surface area contributed by atoms with E-state index in [1.165, 1.54) is 24.2 Å². The van der Waals surface area contributed by atoms with Crippen molar-refractivity contribution in [3.8, 4) is 0 Å². The first-order valence-electron chi connectivity index (χ1n) is 7.05. The number of anilines is 1. The summed E-state index contributed by atoms with van der Waals surface area (Å²) >= 11 is 1.51. The van der Waals surface area contributed by atoms with Gasteiger partial charge < -0.3 is 10.6 Å². The van der Waals surface area contributed by atoms with Gasteiger partial charge in [0.15, 0.2) is 5.13 Å². The van der Waals surface area contributed by atoms with Crippen molar-refractivity contribution in [3.05, 3.63) is 11.1 Å². The highest BCUT2D eigenvalue weighted by Gasteiger charge is 2.39. The molecule has 1 aliphatic rings. The zero-order chi connectivity index (χ0) is 13.9. The lowest BCUT2D eigenvalue weighted by atomic mass is 9.82. The second kappa shape index (κ2) is 6.01. The van der Waals surface area contributed by atoms with E-state index in [0.29, 0.717) is 0 Å². The number of amides is 1. The van der Waals surface area contributed by atoms with Gasteiger partial charge in [-0.25, -0.2) is 4.98 Å². The molecule has 0 spiro atoms. The molecular weight excluding hydrogens is 258 g/mol. The van der Waals surface area contributed by atoms with Gasteiger partial charge in [-0.1, -0.05) is 19.8 Å². The second-order valence-corrected chi connectivity index (χ2v) is 6.24. The Balaban J connectivity index is 2.04. The number of hydrogen-bond donors (Lipinski definition) is 2. The molecule has 2 N–H and O–H groups in total. The van der Waals surface area contributed by atoms with Crippen molar-refractivity contribution in [2.24, 2.45) is 5.41 Å². The summed E-state index contributed by atoms with van der Waals surface area (Å²) in [4.78, 5) is 16.9. The van der Waals surface area contributed by atoms with Crippen LogP contribution in [0.25, 0.3) is 0 Å². The zero-order valence-corrected chi connectivity index (χ0v) is 12.8. The summed E-state index contributed by atoms with van der Waals surface area (Å²) in [6.45, 7) is 4.17. The van der Waals surface area contributed by atoms with E-state index in [1.807, 2.05) is 12.4 Å². The third-order valence-electron chi connectivity index (χ3n) is 4.34. The molecule has 0 aliphatic heterocycles. The third kappa shape index (κ3) is 2.98. The molecule has 1 aromatic heterocycles. The summed E-state index contributed by atoms with van der Waals surface area (Å²) in [7, 11) is 1.91. The Kier molecular flexibility index (Phi) is 4.58. The lowest BCUT2D eigenvalue weighted by Gasteiger charge is -2.25. The van der Waals surface area contributed by atoms with Crippen LogP contribution in [0.3, 0.4) is 0 Å². The molecule has 1 aromatic rings. The van der Waals surface area contributed by atoms with E-state index in [1.54, 1.807) is 0 Å². The number of thiazole rings is 1. The molecule has 0 saturated heterocycles. The van der Waals surface area contributed by atoms with E-state index < -0.39 is 0 Å². The minimum absolute atomic E-state index is 0.152. The van der Waals surface area contributed by atoms with Crippen molar-refractivity contribution in [3.63, 3.8) is 0 Å². The van der Waals surface area contributed by atoms with Gasteiger partial charge in [0, 0.05) is 16.8 Å². The summed E-state index contributed by atoms with van der Waals surface area (Å²) in [6.07, 6.45) is 5.29. The molecule has 0 bridgehead atoms. The van der Waals surface area contributed by atoms with Crippen LogP contribution in [-0.2, 0) is 4.79 Å². The van der Waals surface area contributed by atoms with Crippen LogP contribution < -0.4 is 10.6 Å². The first-order chi connectivity index (χ1) is 9.11. The van der Waals surface area contributed by atoms with Gasteiger partial charge in [-0.3, -0.25) is 4.79 Å². The van der Waals surface area contributed by atoms with Crippen LogP contribution >= 0.6 is 11.3 Å². The van der Waals surface area contributed by atoms with Gasteiger partial charge in [0.25, 0.3) is 0 Å². The number of hydrogen-bond acceptors (Lipinski definition) is 4. The first kappa shape index (κ1) is 14.5. The van der Waals surface area contributed by atoms with Crippen LogP contribution in [0, 0.1) is 5.41 Å². The standard InChI is InChI=1S/C14H23N3OS/c1-4-14(7-5-6-8-14)12(18)17-13-16-11(9-19-13)10(2)15-3/h9-10,15H,4-8H2,1-3H3,(H,16,17,18). The summed E-state index contributed by atoms with van der Waals surface area (Å²) in [5, 5.41) is 8.90. The maximum atomic E-state index is 12.5. The van der Waals surface area contributed by atoms with Crippen LogP contribution in [0.15, 0.2) is 5.38 Å². The zero-order valence-electron chi connectivity index (χ0n) is 12.0. The van der Waals surface area contributed by atoms with E-state index in [9.17, 15) is 4.79 Å². The molecular formula is C14H23N3OS. The van der Waals surface area contributed by atoms with E-state index in [4.69, 9.17) is 0 Å². The number of rotatable bonds is 5. The van der Waals surface area contributed by atoms with Crippen molar-refractivity contribution < 1.29 is 4.79 Å². The van der Waals surface area contributed by atoms with Gasteiger partial charge in [0.1, 0.15) is 0 Å². The van der Waals surface area contributed by atoms with E-state index in [2.05, 4.69) is 29.5 Å². The number of carbonyl (C=O) groups is 1. The van der Waals surface area contributed by atoms with E-state index >= 15 is 0 Å². The van der Waals surface area contributed by atoms with Gasteiger partial charge in [0.2, 0.25) is 5.91 Å². The van der Waals surface area contributed by atoms with Crippen LogP contribution in [0.4, 0.5) is 5.13 Å². The van der Waals surface area contributed by atoms with Gasteiger partial charge >= 0.3 is 0 Å². The van der Waals surface area contributed by atoms with Crippen LogP contribution in [-0.4, -0.2) is 17.9 Å². The fraction of sp³-hybridized carbons (Fsp3) is 0.714. The predicted octanol–water partition coefficient (Wildman–Crippen LogP) is 3.33. The van der Waals surface area contributed by atoms with Gasteiger partial charge in [-0.15, -0.1) is 11.3 Å². The van der Waals surface area contributed by atoms with Gasteiger partial charge in [-0.05, 0) is 33.2 Å². The molecule has 2 rings (SSSR count). The van der Waals surface area contributed by atoms with Crippen LogP contribution in [0.1, 0.15) is 57.7 Å². The number of nitrogens with zero attached hydrogens (tertiary/aromatic N) is 1. The number of carbonyl (C=O) groups excluding carboxylic acids is 1. The van der Waals surface area contributed by atoms with E-state index in [-0.39, 0.29) is 17.4 Å². The fourth-order valence-electron chi connectivity index (χ4n) is 2.71. The molecule has 1 fully saturated rings. The Morgan fingerprint density at radius 3 is 2.79 bits per heavy atom. The summed E-state index contributed by atoms with van der Waals surface area (Å²) in [5.41, 5.74) is 0.834. The Morgan fingerprint density at radius 1 is 1.53 bits per heavy atom. The minimum Gasteiger partial charge on any atom is -0.312 e. The molecule has 0 radical (unpaired) electrons. The Bertz CT molecular complexity index is 438. The Morgan fingerprint density at radius 2 is 2.21 bits per heavy atom. The number of aromatic nitrogens is 1. The highest BCUT2D eigenvalue weighted by atomic mass is 32.1. The Labute approximate surface area is 119 Å². The quantitative estimate of drug-likeness (QED) is 0.870. The van der Waals surface area contributed by atoms with Crippen LogP contribution in [0.2, 0.25) is 0 Å². The van der Waals surface area contributed by atoms with Crippen molar-refractivity contribution in [2.45, 2.75) is 52.0 Å². The molecule has 1 amide bonds. The third-order valence-corrected chi connectivity index (χ3v) is 5.11. The average Bonchev–Trinajstić information content (AvgIpc) is 3.07. The van der Waals surface area contributed by atoms with Gasteiger partial charge in [0.05, 0.1) is 5.69 Å². The molecule has 1 atom stereocenters. The van der Waals surface area contributed by atoms with Crippen molar-refractivity contribution >= 4 is 22.4 Å². The molecule has 1 unspecified atom stereocenters. The van der Waals surface area contributed by atoms with Crippen LogP contribution in [0.5, 0.6) is 0 Å². The maximum absolute atomic E-state index is 12.5. The van der Waals surface area contributed by atoms with Crippen molar-refractivity contribution in [1.82, 2.24) is 10.3 Å². The number of nitrogens with one attached hydrogen (secondary N) is 2. The average molecular weight is 281 g/mol. The summed E-state index contributed by atoms with van der Waals surface area (Å²) < 4.78 is 0. The lowest BCUT2D eigenvalue weighted by Crippen LogP contribution is -2.33. The summed E-state index contributed by atoms with van der Waals surface area (Å²) in [5.74, 6) is 0.158. The highest BCUT2D eigenvalue weighted by Crippen LogP contribution is 2.42. The summed E-state index contributed by atoms with van der Waals surface area (Å²) in [6, 6.07) is 0.216. The van der Waals surface area contributed by atoms with Crippen molar-refractivity contribution in [1.29, 1.82) is 0 Å². The fourth-order valence-corrected chi connectivity index (χ4v) is 3.51. The SMILES string of the molecule is CCC1(C(=O)Nc2nc(C(C)NC)cs2)CCCC1. The normalized spacial score (nSPS) is 19.3. The predicted molar refractivity (Wildman–Crippen MR) is 79.4 cm³/mol. The molecule has 19 heavy (non-hydrogen) atoms. The molecule has 1 heterocycles. The minimum atomic E-state index is -0.152. The largest absolute Gasteiger partial charge is 0.312 e. The Hall–Kier alpha value is -0.940. The van der Waals surface area contributed by atoms with E-state index in [0.717, 1.165) is 30.1 Å². The smallest absolute Gasteiger partial charge is 0.232 e. The molecule has 1 saturated carbocycles. The van der Waals surface area contributed by atoms with Crippen molar-refractivity contribution in [2.75, 3.05) is 12.4 Å². The second-order valence-electron chi connectivity index (χ2n) is 5.38. The van der Waals surface area contributed by atoms with Gasteiger partial charge in [-0.2, -0.15) is 0 Å². The maximum Gasteiger partial charge on any atom is 0.232 e. The molecule has 1 aliphatic carbocycles. The molecule has 0 aromatic carbocycles. The molecule has 106 valence electrons. The highest BCUT2D eigenvalue weighted by molar-refractivity contribution is 7.13. The molecule has 4 nitrogen and oxygen atoms in total. The lowest BCUT2D eigenvalue weighted by molar-refractivity contribution is -0.125. The monoisotopic (exact) mass is 281 g/mol. The first-order valence-corrected chi connectivity index (χ1v) is 7.93.